The minimum atomic E-state index is -0.350. The van der Waals surface area contributed by atoms with Gasteiger partial charge < -0.3 is 9.84 Å². The number of fused-ring (bicyclic) bond motifs is 1. The molecule has 92 valence electrons. The number of hydrogen-bond donors (Lipinski definition) is 1. The highest BCUT2D eigenvalue weighted by Crippen LogP contribution is 2.25. The minimum absolute atomic E-state index is 0.00733. The van der Waals surface area contributed by atoms with Crippen LogP contribution in [0.1, 0.15) is 17.5 Å². The lowest BCUT2D eigenvalue weighted by atomic mass is 10.1. The highest BCUT2D eigenvalue weighted by molar-refractivity contribution is 5.75. The molecule has 17 heavy (non-hydrogen) atoms. The van der Waals surface area contributed by atoms with Crippen molar-refractivity contribution < 1.29 is 14.6 Å². The van der Waals surface area contributed by atoms with Gasteiger partial charge in [0.15, 0.2) is 0 Å². The minimum Gasteiger partial charge on any atom is -0.468 e. The van der Waals surface area contributed by atoms with Gasteiger partial charge in [-0.05, 0) is 17.5 Å². The molecule has 4 heteroatoms. The maximum atomic E-state index is 11.7. The van der Waals surface area contributed by atoms with E-state index in [1.165, 1.54) is 18.2 Å². The SMILES string of the molecule is COC(=O)C(CCO)N1Cc2ccccc2C1. The van der Waals surface area contributed by atoms with Gasteiger partial charge in [0, 0.05) is 19.7 Å². The van der Waals surface area contributed by atoms with Crippen LogP contribution in [-0.2, 0) is 22.6 Å². The third-order valence-electron chi connectivity index (χ3n) is 3.18. The first kappa shape index (κ1) is 12.1. The predicted molar refractivity (Wildman–Crippen MR) is 63.2 cm³/mol. The van der Waals surface area contributed by atoms with Crippen molar-refractivity contribution in [1.29, 1.82) is 0 Å². The summed E-state index contributed by atoms with van der Waals surface area (Å²) < 4.78 is 4.78. The van der Waals surface area contributed by atoms with Crippen molar-refractivity contribution in [1.82, 2.24) is 4.90 Å². The first-order valence-corrected chi connectivity index (χ1v) is 5.75. The van der Waals surface area contributed by atoms with Crippen LogP contribution in [0, 0.1) is 0 Å². The Morgan fingerprint density at radius 2 is 2.00 bits per heavy atom. The average molecular weight is 235 g/mol. The zero-order valence-electron chi connectivity index (χ0n) is 9.93. The largest absolute Gasteiger partial charge is 0.468 e. The molecule has 1 N–H and O–H groups in total. The Morgan fingerprint density at radius 3 is 2.47 bits per heavy atom. The summed E-state index contributed by atoms with van der Waals surface area (Å²) in [6.07, 6.45) is 0.417. The van der Waals surface area contributed by atoms with Gasteiger partial charge in [-0.1, -0.05) is 24.3 Å². The van der Waals surface area contributed by atoms with Crippen LogP contribution in [0.2, 0.25) is 0 Å². The number of nitrogens with zero attached hydrogens (tertiary/aromatic N) is 1. The fourth-order valence-electron chi connectivity index (χ4n) is 2.29. The number of carbonyl (C=O) groups is 1. The summed E-state index contributed by atoms with van der Waals surface area (Å²) in [7, 11) is 1.38. The Kier molecular flexibility index (Phi) is 3.76. The molecule has 1 aliphatic heterocycles. The Morgan fingerprint density at radius 1 is 1.41 bits per heavy atom. The number of rotatable bonds is 4. The number of methoxy groups -OCH3 is 1. The second-order valence-corrected chi connectivity index (χ2v) is 4.22. The van der Waals surface area contributed by atoms with E-state index >= 15 is 0 Å². The van der Waals surface area contributed by atoms with E-state index in [1.54, 1.807) is 0 Å². The molecular formula is C13H17NO3. The Hall–Kier alpha value is -1.39. The summed E-state index contributed by atoms with van der Waals surface area (Å²) in [5.74, 6) is -0.271. The van der Waals surface area contributed by atoms with Gasteiger partial charge in [-0.3, -0.25) is 9.69 Å². The van der Waals surface area contributed by atoms with Gasteiger partial charge in [0.05, 0.1) is 7.11 Å². The molecule has 0 fully saturated rings. The standard InChI is InChI=1S/C13H17NO3/c1-17-13(16)12(6-7-15)14-8-10-4-2-3-5-11(10)9-14/h2-5,12,15H,6-9H2,1H3. The van der Waals surface area contributed by atoms with Gasteiger partial charge in [-0.2, -0.15) is 0 Å². The second kappa shape index (κ2) is 5.29. The quantitative estimate of drug-likeness (QED) is 0.789. The highest BCUT2D eigenvalue weighted by atomic mass is 16.5. The number of ether oxygens (including phenoxy) is 1. The molecule has 1 aromatic rings. The van der Waals surface area contributed by atoms with Crippen molar-refractivity contribution in [3.05, 3.63) is 35.4 Å². The fourth-order valence-corrected chi connectivity index (χ4v) is 2.29. The third kappa shape index (κ3) is 2.48. The lowest BCUT2D eigenvalue weighted by Gasteiger charge is -2.24. The molecule has 0 saturated heterocycles. The van der Waals surface area contributed by atoms with E-state index in [2.05, 4.69) is 12.1 Å². The van der Waals surface area contributed by atoms with Crippen LogP contribution in [0.3, 0.4) is 0 Å². The summed E-state index contributed by atoms with van der Waals surface area (Å²) in [5, 5.41) is 9.02. The van der Waals surface area contributed by atoms with Crippen molar-refractivity contribution >= 4 is 5.97 Å². The normalized spacial score (nSPS) is 16.6. The van der Waals surface area contributed by atoms with Crippen molar-refractivity contribution in [2.75, 3.05) is 13.7 Å². The summed E-state index contributed by atoms with van der Waals surface area (Å²) >= 11 is 0. The maximum absolute atomic E-state index is 11.7. The number of aliphatic hydroxyl groups is 1. The Bertz CT molecular complexity index is 380. The van der Waals surface area contributed by atoms with Gasteiger partial charge in [0.1, 0.15) is 6.04 Å². The Labute approximate surface area is 101 Å². The molecule has 2 rings (SSSR count). The average Bonchev–Trinajstić information content (AvgIpc) is 2.78. The van der Waals surface area contributed by atoms with Crippen LogP contribution in [0.25, 0.3) is 0 Å². The molecule has 1 atom stereocenters. The summed E-state index contributed by atoms with van der Waals surface area (Å²) in [5.41, 5.74) is 2.50. The molecule has 1 unspecified atom stereocenters. The summed E-state index contributed by atoms with van der Waals surface area (Å²) in [6.45, 7) is 1.48. The van der Waals surface area contributed by atoms with Crippen molar-refractivity contribution in [3.63, 3.8) is 0 Å². The van der Waals surface area contributed by atoms with Gasteiger partial charge in [-0.25, -0.2) is 0 Å². The zero-order chi connectivity index (χ0) is 12.3. The van der Waals surface area contributed by atoms with Crippen molar-refractivity contribution in [3.8, 4) is 0 Å². The topological polar surface area (TPSA) is 49.8 Å². The van der Waals surface area contributed by atoms with E-state index in [1.807, 2.05) is 17.0 Å². The van der Waals surface area contributed by atoms with Gasteiger partial charge in [-0.15, -0.1) is 0 Å². The molecule has 0 aromatic heterocycles. The van der Waals surface area contributed by atoms with E-state index in [-0.39, 0.29) is 18.6 Å². The molecule has 1 heterocycles. The lowest BCUT2D eigenvalue weighted by molar-refractivity contribution is -0.148. The van der Waals surface area contributed by atoms with Gasteiger partial charge in [0.25, 0.3) is 0 Å². The van der Waals surface area contributed by atoms with Crippen LogP contribution < -0.4 is 0 Å². The smallest absolute Gasteiger partial charge is 0.323 e. The van der Waals surface area contributed by atoms with E-state index in [9.17, 15) is 4.79 Å². The first-order valence-electron chi connectivity index (χ1n) is 5.75. The number of benzene rings is 1. The molecule has 0 radical (unpaired) electrons. The van der Waals surface area contributed by atoms with E-state index in [0.717, 1.165) is 13.1 Å². The summed E-state index contributed by atoms with van der Waals surface area (Å²) in [6, 6.07) is 7.80. The summed E-state index contributed by atoms with van der Waals surface area (Å²) in [4.78, 5) is 13.7. The first-order chi connectivity index (χ1) is 8.26. The highest BCUT2D eigenvalue weighted by Gasteiger charge is 2.30. The lowest BCUT2D eigenvalue weighted by Crippen LogP contribution is -2.39. The van der Waals surface area contributed by atoms with Gasteiger partial charge in [0.2, 0.25) is 0 Å². The molecule has 0 bridgehead atoms. The fraction of sp³-hybridized carbons (Fsp3) is 0.462. The zero-order valence-corrected chi connectivity index (χ0v) is 9.93. The number of hydrogen-bond acceptors (Lipinski definition) is 4. The molecule has 4 nitrogen and oxygen atoms in total. The van der Waals surface area contributed by atoms with Crippen molar-refractivity contribution in [2.24, 2.45) is 0 Å². The van der Waals surface area contributed by atoms with Crippen LogP contribution >= 0.6 is 0 Å². The van der Waals surface area contributed by atoms with Crippen LogP contribution in [-0.4, -0.2) is 35.7 Å². The third-order valence-corrected chi connectivity index (χ3v) is 3.18. The van der Waals surface area contributed by atoms with E-state index < -0.39 is 0 Å². The van der Waals surface area contributed by atoms with Crippen molar-refractivity contribution in [2.45, 2.75) is 25.6 Å². The Balaban J connectivity index is 2.11. The van der Waals surface area contributed by atoms with Crippen LogP contribution in [0.4, 0.5) is 0 Å². The van der Waals surface area contributed by atoms with Crippen LogP contribution in [0.15, 0.2) is 24.3 Å². The number of aliphatic hydroxyl groups excluding tert-OH is 1. The molecule has 0 saturated carbocycles. The second-order valence-electron chi connectivity index (χ2n) is 4.22. The van der Waals surface area contributed by atoms with Gasteiger partial charge >= 0.3 is 5.97 Å². The monoisotopic (exact) mass is 235 g/mol. The number of esters is 1. The maximum Gasteiger partial charge on any atom is 0.323 e. The molecule has 1 aromatic carbocycles. The van der Waals surface area contributed by atoms with E-state index in [0.29, 0.717) is 6.42 Å². The predicted octanol–water partition coefficient (Wildman–Crippen LogP) is 0.926. The molecule has 1 aliphatic rings. The molecular weight excluding hydrogens is 218 g/mol. The van der Waals surface area contributed by atoms with Crippen LogP contribution in [0.5, 0.6) is 0 Å². The molecule has 0 spiro atoms. The molecule has 0 amide bonds. The van der Waals surface area contributed by atoms with E-state index in [4.69, 9.17) is 9.84 Å². The molecule has 0 aliphatic carbocycles. The number of carbonyl (C=O) groups excluding carboxylic acids is 1.